The van der Waals surface area contributed by atoms with E-state index in [-0.39, 0.29) is 40.9 Å². The minimum absolute atomic E-state index is 0.0817. The normalized spacial score (nSPS) is 21.3. The van der Waals surface area contributed by atoms with Gasteiger partial charge in [0.05, 0.1) is 23.3 Å². The first-order valence-corrected chi connectivity index (χ1v) is 13.4. The minimum Gasteiger partial charge on any atom is -0.493 e. The van der Waals surface area contributed by atoms with Crippen LogP contribution in [-0.4, -0.2) is 57.2 Å². The third-order valence-electron chi connectivity index (χ3n) is 7.73. The number of halogens is 3. The number of aliphatic hydroxyl groups excluding tert-OH is 1. The van der Waals surface area contributed by atoms with Crippen LogP contribution in [0.3, 0.4) is 0 Å². The van der Waals surface area contributed by atoms with E-state index < -0.39 is 24.3 Å². The van der Waals surface area contributed by atoms with E-state index in [1.165, 1.54) is 12.4 Å². The van der Waals surface area contributed by atoms with Crippen LogP contribution < -0.4 is 15.4 Å². The fraction of sp³-hybridized carbons (Fsp3) is 0.500. The number of rotatable bonds is 8. The number of fused-ring (bicyclic) bond motifs is 1. The fourth-order valence-corrected chi connectivity index (χ4v) is 5.36. The highest BCUT2D eigenvalue weighted by molar-refractivity contribution is 6.09. The van der Waals surface area contributed by atoms with E-state index in [1.807, 2.05) is 6.92 Å². The molecule has 1 aromatic carbocycles. The smallest absolute Gasteiger partial charge is 0.416 e. The van der Waals surface area contributed by atoms with Gasteiger partial charge < -0.3 is 25.5 Å². The summed E-state index contributed by atoms with van der Waals surface area (Å²) >= 11 is 0. The van der Waals surface area contributed by atoms with Crippen molar-refractivity contribution in [2.45, 2.75) is 64.2 Å². The van der Waals surface area contributed by atoms with Gasteiger partial charge in [-0.3, -0.25) is 9.59 Å². The number of benzene rings is 1. The van der Waals surface area contributed by atoms with Gasteiger partial charge in [-0.15, -0.1) is 0 Å². The standard InChI is InChI=1S/C28H32F3N5O4/c1-14-9-18(6-7-20(14)36-22(38)11-37)35-27(39)23-15(2)34-26-24(32-13-33-25(23)26)19-10-17(28(29,30)31)5-8-21(19)40-12-16-3-4-16/h5,8,10,13-14,16,18,20,34,37H,3-4,6-7,9,11-12H2,1-2H3,(H,35,39)(H,36,38). The maximum absolute atomic E-state index is 13.6. The molecule has 0 aliphatic heterocycles. The maximum atomic E-state index is 13.6. The fourth-order valence-electron chi connectivity index (χ4n) is 5.36. The molecular weight excluding hydrogens is 527 g/mol. The Bertz CT molecular complexity index is 1420. The van der Waals surface area contributed by atoms with Gasteiger partial charge in [-0.25, -0.2) is 9.97 Å². The molecule has 2 aromatic heterocycles. The van der Waals surface area contributed by atoms with Crippen molar-refractivity contribution in [1.29, 1.82) is 0 Å². The van der Waals surface area contributed by atoms with E-state index in [2.05, 4.69) is 25.6 Å². The third kappa shape index (κ3) is 5.91. The first-order valence-electron chi connectivity index (χ1n) is 13.4. The van der Waals surface area contributed by atoms with Crippen LogP contribution in [-0.2, 0) is 11.0 Å². The molecule has 0 bridgehead atoms. The van der Waals surface area contributed by atoms with Gasteiger partial charge >= 0.3 is 6.18 Å². The van der Waals surface area contributed by atoms with E-state index in [9.17, 15) is 22.8 Å². The molecule has 214 valence electrons. The Morgan fingerprint density at radius 1 is 1.15 bits per heavy atom. The second-order valence-electron chi connectivity index (χ2n) is 10.8. The Kier molecular flexibility index (Phi) is 7.72. The van der Waals surface area contributed by atoms with E-state index >= 15 is 0 Å². The molecule has 3 aromatic rings. The molecule has 2 aliphatic rings. The highest BCUT2D eigenvalue weighted by Crippen LogP contribution is 2.40. The molecule has 9 nitrogen and oxygen atoms in total. The largest absolute Gasteiger partial charge is 0.493 e. The Hall–Kier alpha value is -3.67. The molecule has 0 radical (unpaired) electrons. The molecule has 2 heterocycles. The summed E-state index contributed by atoms with van der Waals surface area (Å²) in [6.07, 6.45) is 0.666. The molecule has 3 unspecified atom stereocenters. The lowest BCUT2D eigenvalue weighted by molar-refractivity contribution is -0.137. The zero-order valence-corrected chi connectivity index (χ0v) is 22.3. The predicted octanol–water partition coefficient (Wildman–Crippen LogP) is 4.14. The first-order chi connectivity index (χ1) is 19.0. The summed E-state index contributed by atoms with van der Waals surface area (Å²) < 4.78 is 46.8. The number of H-pyrrole nitrogens is 1. The molecule has 2 amide bonds. The van der Waals surface area contributed by atoms with Gasteiger partial charge in [0.25, 0.3) is 5.91 Å². The average molecular weight is 560 g/mol. The van der Waals surface area contributed by atoms with Crippen LogP contribution in [0.4, 0.5) is 13.2 Å². The Labute approximate surface area is 228 Å². The lowest BCUT2D eigenvalue weighted by Crippen LogP contribution is -2.48. The molecule has 3 atom stereocenters. The van der Waals surface area contributed by atoms with Crippen LogP contribution >= 0.6 is 0 Å². The average Bonchev–Trinajstić information content (AvgIpc) is 3.67. The zero-order chi connectivity index (χ0) is 28.6. The summed E-state index contributed by atoms with van der Waals surface area (Å²) in [4.78, 5) is 36.8. The second-order valence-corrected chi connectivity index (χ2v) is 10.8. The highest BCUT2D eigenvalue weighted by atomic mass is 19.4. The molecule has 5 rings (SSSR count). The number of amides is 2. The molecule has 2 saturated carbocycles. The van der Waals surface area contributed by atoms with Crippen molar-refractivity contribution < 1.29 is 32.6 Å². The lowest BCUT2D eigenvalue weighted by Gasteiger charge is -2.34. The quantitative estimate of drug-likeness (QED) is 0.328. The number of aromatic nitrogens is 3. The molecule has 0 saturated heterocycles. The van der Waals surface area contributed by atoms with Gasteiger partial charge in [-0.05, 0) is 69.1 Å². The number of ether oxygens (including phenoxy) is 1. The molecular formula is C28H32F3N5O4. The summed E-state index contributed by atoms with van der Waals surface area (Å²) in [5.74, 6) is -0.00386. The SMILES string of the molecule is Cc1[nH]c2c(-c3cc(C(F)(F)F)ccc3OCC3CC3)ncnc2c1C(=O)NC1CCC(NC(=O)CO)C(C)C1. The highest BCUT2D eigenvalue weighted by Gasteiger charge is 2.33. The Morgan fingerprint density at radius 3 is 2.60 bits per heavy atom. The van der Waals surface area contributed by atoms with Gasteiger partial charge in [0, 0.05) is 23.3 Å². The maximum Gasteiger partial charge on any atom is 0.416 e. The Morgan fingerprint density at radius 2 is 1.93 bits per heavy atom. The summed E-state index contributed by atoms with van der Waals surface area (Å²) in [6.45, 7) is 3.53. The number of carbonyl (C=O) groups is 2. The van der Waals surface area contributed by atoms with Crippen molar-refractivity contribution in [2.75, 3.05) is 13.2 Å². The van der Waals surface area contributed by atoms with Crippen molar-refractivity contribution >= 4 is 22.8 Å². The summed E-state index contributed by atoms with van der Waals surface area (Å²) in [7, 11) is 0. The minimum atomic E-state index is -4.55. The van der Waals surface area contributed by atoms with Crippen LogP contribution in [0.2, 0.25) is 0 Å². The number of carbonyl (C=O) groups excluding carboxylic acids is 2. The second kappa shape index (κ2) is 11.1. The number of aromatic amines is 1. The monoisotopic (exact) mass is 559 g/mol. The topological polar surface area (TPSA) is 129 Å². The van der Waals surface area contributed by atoms with Gasteiger partial charge in [0.1, 0.15) is 29.9 Å². The van der Waals surface area contributed by atoms with E-state index in [0.717, 1.165) is 25.0 Å². The van der Waals surface area contributed by atoms with Gasteiger partial charge in [-0.1, -0.05) is 6.92 Å². The molecule has 12 heteroatoms. The van der Waals surface area contributed by atoms with Crippen LogP contribution in [0.25, 0.3) is 22.3 Å². The van der Waals surface area contributed by atoms with Crippen molar-refractivity contribution in [1.82, 2.24) is 25.6 Å². The number of hydrogen-bond acceptors (Lipinski definition) is 6. The number of aliphatic hydroxyl groups is 1. The molecule has 4 N–H and O–H groups in total. The van der Waals surface area contributed by atoms with Crippen molar-refractivity contribution in [3.63, 3.8) is 0 Å². The molecule has 0 spiro atoms. The van der Waals surface area contributed by atoms with Crippen LogP contribution in [0, 0.1) is 18.8 Å². The van der Waals surface area contributed by atoms with Crippen molar-refractivity contribution in [3.8, 4) is 17.0 Å². The van der Waals surface area contributed by atoms with Crippen LogP contribution in [0.15, 0.2) is 24.5 Å². The van der Waals surface area contributed by atoms with E-state index in [0.29, 0.717) is 54.1 Å². The third-order valence-corrected chi connectivity index (χ3v) is 7.73. The summed E-state index contributed by atoms with van der Waals surface area (Å²) in [5.41, 5.74) is 1.04. The first kappa shape index (κ1) is 27.9. The Balaban J connectivity index is 1.43. The van der Waals surface area contributed by atoms with Gasteiger partial charge in [-0.2, -0.15) is 13.2 Å². The van der Waals surface area contributed by atoms with Crippen molar-refractivity contribution in [3.05, 3.63) is 41.3 Å². The van der Waals surface area contributed by atoms with Crippen LogP contribution in [0.5, 0.6) is 5.75 Å². The number of aryl methyl sites for hydroxylation is 1. The molecule has 2 fully saturated rings. The number of hydrogen-bond donors (Lipinski definition) is 4. The molecule has 40 heavy (non-hydrogen) atoms. The van der Waals surface area contributed by atoms with Gasteiger partial charge in [0.15, 0.2) is 0 Å². The summed E-state index contributed by atoms with van der Waals surface area (Å²) in [5, 5.41) is 14.9. The zero-order valence-electron chi connectivity index (χ0n) is 22.3. The van der Waals surface area contributed by atoms with Crippen LogP contribution in [0.1, 0.15) is 60.6 Å². The van der Waals surface area contributed by atoms with E-state index in [4.69, 9.17) is 9.84 Å². The number of alkyl halides is 3. The lowest BCUT2D eigenvalue weighted by atomic mass is 9.82. The molecule has 2 aliphatic carbocycles. The predicted molar refractivity (Wildman–Crippen MR) is 141 cm³/mol. The number of nitrogens with one attached hydrogen (secondary N) is 3. The van der Waals surface area contributed by atoms with Crippen molar-refractivity contribution in [2.24, 2.45) is 11.8 Å². The summed E-state index contributed by atoms with van der Waals surface area (Å²) in [6, 6.07) is 3.12. The van der Waals surface area contributed by atoms with E-state index in [1.54, 1.807) is 6.92 Å². The number of nitrogens with zero attached hydrogens (tertiary/aromatic N) is 2. The van der Waals surface area contributed by atoms with Gasteiger partial charge in [0.2, 0.25) is 5.91 Å².